The molecule has 0 aromatic heterocycles. The molecule has 0 bridgehead atoms. The van der Waals surface area contributed by atoms with Crippen molar-refractivity contribution < 1.29 is 14.3 Å². The minimum Gasteiger partial charge on any atom is -0.462 e. The molecule has 0 aliphatic carbocycles. The monoisotopic (exact) mass is 270 g/mol. The molecule has 3 heteroatoms. The molecule has 112 valence electrons. The van der Waals surface area contributed by atoms with Gasteiger partial charge in [-0.15, -0.1) is 0 Å². The number of hydrogen-bond donors (Lipinski definition) is 0. The number of carbonyl (C=O) groups is 1. The highest BCUT2D eigenvalue weighted by molar-refractivity contribution is 5.86. The Balaban J connectivity index is 3.07. The Morgan fingerprint density at radius 2 is 1.37 bits per heavy atom. The van der Waals surface area contributed by atoms with E-state index in [0.29, 0.717) is 12.2 Å². The van der Waals surface area contributed by atoms with Crippen LogP contribution in [0.3, 0.4) is 0 Å². The third-order valence-corrected chi connectivity index (χ3v) is 2.97. The van der Waals surface area contributed by atoms with Crippen LogP contribution in [0.4, 0.5) is 0 Å². The van der Waals surface area contributed by atoms with E-state index < -0.39 is 0 Å². The second-order valence-corrected chi connectivity index (χ2v) is 4.94. The summed E-state index contributed by atoms with van der Waals surface area (Å²) in [5, 5.41) is 0. The van der Waals surface area contributed by atoms with Gasteiger partial charge in [0.15, 0.2) is 0 Å². The van der Waals surface area contributed by atoms with Crippen LogP contribution in [-0.2, 0) is 14.3 Å². The summed E-state index contributed by atoms with van der Waals surface area (Å²) in [5.74, 6) is -0.269. The minimum atomic E-state index is -0.269. The summed E-state index contributed by atoms with van der Waals surface area (Å²) in [7, 11) is 0. The first-order valence-electron chi connectivity index (χ1n) is 7.58. The van der Waals surface area contributed by atoms with E-state index in [9.17, 15) is 4.79 Å². The highest BCUT2D eigenvalue weighted by atomic mass is 16.5. The lowest BCUT2D eigenvalue weighted by Gasteiger charge is -2.04. The van der Waals surface area contributed by atoms with Crippen molar-refractivity contribution >= 4 is 5.97 Å². The first kappa shape index (κ1) is 18.2. The molecule has 0 aliphatic heterocycles. The van der Waals surface area contributed by atoms with Gasteiger partial charge in [0.1, 0.15) is 0 Å². The molecule has 0 atom stereocenters. The summed E-state index contributed by atoms with van der Waals surface area (Å²) in [6, 6.07) is 0. The fourth-order valence-corrected chi connectivity index (χ4v) is 1.80. The highest BCUT2D eigenvalue weighted by Crippen LogP contribution is 2.09. The zero-order valence-electron chi connectivity index (χ0n) is 12.7. The van der Waals surface area contributed by atoms with Gasteiger partial charge in [-0.2, -0.15) is 0 Å². The number of hydrogen-bond acceptors (Lipinski definition) is 3. The van der Waals surface area contributed by atoms with Crippen LogP contribution in [0.5, 0.6) is 0 Å². The molecule has 0 heterocycles. The first-order valence-corrected chi connectivity index (χ1v) is 7.58. The van der Waals surface area contributed by atoms with E-state index in [4.69, 9.17) is 9.47 Å². The Bertz CT molecular complexity index is 236. The number of rotatable bonds is 13. The molecule has 0 saturated heterocycles. The van der Waals surface area contributed by atoms with E-state index in [1.165, 1.54) is 38.5 Å². The summed E-state index contributed by atoms with van der Waals surface area (Å²) in [5.41, 5.74) is 0.479. The molecule has 0 aliphatic rings. The highest BCUT2D eigenvalue weighted by Gasteiger charge is 2.01. The van der Waals surface area contributed by atoms with E-state index in [1.54, 1.807) is 6.92 Å². The maximum atomic E-state index is 11.1. The van der Waals surface area contributed by atoms with Crippen LogP contribution in [0.15, 0.2) is 12.2 Å². The van der Waals surface area contributed by atoms with Gasteiger partial charge in [-0.1, -0.05) is 45.1 Å². The van der Waals surface area contributed by atoms with Gasteiger partial charge in [0.05, 0.1) is 6.61 Å². The quantitative estimate of drug-likeness (QED) is 0.285. The lowest BCUT2D eigenvalue weighted by atomic mass is 10.1. The molecule has 3 nitrogen and oxygen atoms in total. The third-order valence-electron chi connectivity index (χ3n) is 2.97. The molecule has 0 amide bonds. The van der Waals surface area contributed by atoms with Gasteiger partial charge in [0, 0.05) is 18.8 Å². The van der Waals surface area contributed by atoms with Gasteiger partial charge in [0.2, 0.25) is 0 Å². The van der Waals surface area contributed by atoms with Gasteiger partial charge in [-0.25, -0.2) is 4.79 Å². The Morgan fingerprint density at radius 3 is 1.84 bits per heavy atom. The predicted octanol–water partition coefficient (Wildman–Crippen LogP) is 4.26. The zero-order chi connectivity index (χ0) is 14.3. The van der Waals surface area contributed by atoms with E-state index in [1.807, 2.05) is 6.92 Å². The first-order chi connectivity index (χ1) is 9.18. The molecule has 0 saturated carbocycles. The van der Waals surface area contributed by atoms with Crippen molar-refractivity contribution in [3.8, 4) is 0 Å². The summed E-state index contributed by atoms with van der Waals surface area (Å²) < 4.78 is 10.3. The average Bonchev–Trinajstić information content (AvgIpc) is 2.39. The summed E-state index contributed by atoms with van der Waals surface area (Å²) in [4.78, 5) is 11.1. The van der Waals surface area contributed by atoms with Crippen LogP contribution < -0.4 is 0 Å². The third kappa shape index (κ3) is 13.4. The van der Waals surface area contributed by atoms with E-state index in [-0.39, 0.29) is 5.97 Å². The van der Waals surface area contributed by atoms with Gasteiger partial charge < -0.3 is 9.47 Å². The maximum Gasteiger partial charge on any atom is 0.333 e. The molecule has 0 rings (SSSR count). The summed E-state index contributed by atoms with van der Waals surface area (Å²) in [6.07, 6.45) is 9.68. The number of carbonyl (C=O) groups excluding carboxylic acids is 1. The molecule has 0 unspecified atom stereocenters. The molecule has 19 heavy (non-hydrogen) atoms. The number of ether oxygens (including phenoxy) is 2. The molecular formula is C16H30O3. The van der Waals surface area contributed by atoms with Crippen molar-refractivity contribution in [2.75, 3.05) is 19.8 Å². The van der Waals surface area contributed by atoms with Crippen LogP contribution in [-0.4, -0.2) is 25.8 Å². The molecule has 0 fully saturated rings. The summed E-state index contributed by atoms with van der Waals surface area (Å²) in [6.45, 7) is 9.52. The Morgan fingerprint density at radius 1 is 0.895 bits per heavy atom. The zero-order valence-corrected chi connectivity index (χ0v) is 12.7. The standard InChI is InChI=1S/C16H30O3/c1-4-18-13-11-9-7-5-6-8-10-12-14-19-16(17)15(2)3/h2,4-14H2,1,3H3. The molecule has 0 spiro atoms. The topological polar surface area (TPSA) is 35.5 Å². The SMILES string of the molecule is C=C(C)C(=O)OCCCCCCCCCCOCC. The molecule has 0 N–H and O–H groups in total. The normalized spacial score (nSPS) is 10.4. The van der Waals surface area contributed by atoms with Gasteiger partial charge in [0.25, 0.3) is 0 Å². The second kappa shape index (κ2) is 13.6. The fraction of sp³-hybridized carbons (Fsp3) is 0.812. The molecule has 0 aromatic carbocycles. The van der Waals surface area contributed by atoms with E-state index in [2.05, 4.69) is 6.58 Å². The maximum absolute atomic E-state index is 11.1. The van der Waals surface area contributed by atoms with Crippen molar-refractivity contribution in [2.45, 2.75) is 65.2 Å². The lowest BCUT2D eigenvalue weighted by Crippen LogP contribution is -2.05. The fourth-order valence-electron chi connectivity index (χ4n) is 1.80. The van der Waals surface area contributed by atoms with Gasteiger partial charge in [-0.05, 0) is 26.7 Å². The van der Waals surface area contributed by atoms with Crippen molar-refractivity contribution in [3.05, 3.63) is 12.2 Å². The molecular weight excluding hydrogens is 240 g/mol. The van der Waals surface area contributed by atoms with Crippen LogP contribution >= 0.6 is 0 Å². The van der Waals surface area contributed by atoms with Crippen LogP contribution in [0, 0.1) is 0 Å². The Kier molecular flexibility index (Phi) is 13.0. The lowest BCUT2D eigenvalue weighted by molar-refractivity contribution is -0.139. The number of unbranched alkanes of at least 4 members (excludes halogenated alkanes) is 7. The van der Waals surface area contributed by atoms with Crippen molar-refractivity contribution in [1.82, 2.24) is 0 Å². The van der Waals surface area contributed by atoms with Crippen LogP contribution in [0.1, 0.15) is 65.2 Å². The molecule has 0 radical (unpaired) electrons. The average molecular weight is 270 g/mol. The van der Waals surface area contributed by atoms with Gasteiger partial charge >= 0.3 is 5.97 Å². The number of esters is 1. The van der Waals surface area contributed by atoms with Crippen molar-refractivity contribution in [3.63, 3.8) is 0 Å². The van der Waals surface area contributed by atoms with E-state index in [0.717, 1.165) is 26.1 Å². The second-order valence-electron chi connectivity index (χ2n) is 4.94. The smallest absolute Gasteiger partial charge is 0.333 e. The van der Waals surface area contributed by atoms with Crippen molar-refractivity contribution in [1.29, 1.82) is 0 Å². The Labute approximate surface area is 118 Å². The minimum absolute atomic E-state index is 0.269. The van der Waals surface area contributed by atoms with Crippen LogP contribution in [0.25, 0.3) is 0 Å². The molecule has 0 aromatic rings. The predicted molar refractivity (Wildman–Crippen MR) is 79.2 cm³/mol. The Hall–Kier alpha value is -0.830. The van der Waals surface area contributed by atoms with E-state index >= 15 is 0 Å². The largest absolute Gasteiger partial charge is 0.462 e. The summed E-state index contributed by atoms with van der Waals surface area (Å²) >= 11 is 0. The van der Waals surface area contributed by atoms with Crippen LogP contribution in [0.2, 0.25) is 0 Å². The van der Waals surface area contributed by atoms with Gasteiger partial charge in [-0.3, -0.25) is 0 Å². The van der Waals surface area contributed by atoms with Crippen molar-refractivity contribution in [2.24, 2.45) is 0 Å².